The highest BCUT2D eigenvalue weighted by Crippen LogP contribution is 2.31. The summed E-state index contributed by atoms with van der Waals surface area (Å²) in [5.74, 6) is 0.432. The summed E-state index contributed by atoms with van der Waals surface area (Å²) in [6, 6.07) is 15.2. The quantitative estimate of drug-likeness (QED) is 0.715. The van der Waals surface area contributed by atoms with Gasteiger partial charge in [0.15, 0.2) is 0 Å². The molecule has 0 radical (unpaired) electrons. The lowest BCUT2D eigenvalue weighted by molar-refractivity contribution is -0.122. The fourth-order valence-electron chi connectivity index (χ4n) is 3.85. The third-order valence-electron chi connectivity index (χ3n) is 5.22. The Morgan fingerprint density at radius 1 is 1.17 bits per heavy atom. The maximum absolute atomic E-state index is 12.5. The fourth-order valence-corrected chi connectivity index (χ4v) is 4.82. The first-order chi connectivity index (χ1) is 13.9. The van der Waals surface area contributed by atoms with Crippen LogP contribution in [-0.4, -0.2) is 34.2 Å². The number of para-hydroxylation sites is 2. The van der Waals surface area contributed by atoms with Crippen molar-refractivity contribution < 1.29 is 17.9 Å². The molecule has 2 aromatic carbocycles. The number of aryl methyl sites for hydroxylation is 1. The van der Waals surface area contributed by atoms with Crippen LogP contribution >= 0.6 is 0 Å². The van der Waals surface area contributed by atoms with E-state index >= 15 is 0 Å². The number of nitrogens with one attached hydrogen (secondary N) is 1. The van der Waals surface area contributed by atoms with Gasteiger partial charge in [-0.1, -0.05) is 36.4 Å². The van der Waals surface area contributed by atoms with Gasteiger partial charge in [-0.2, -0.15) is 0 Å². The molecule has 0 unspecified atom stereocenters. The Bertz CT molecular complexity index is 959. The third kappa shape index (κ3) is 5.29. The van der Waals surface area contributed by atoms with Gasteiger partial charge in [0.25, 0.3) is 0 Å². The van der Waals surface area contributed by atoms with Gasteiger partial charge in [-0.3, -0.25) is 9.10 Å². The van der Waals surface area contributed by atoms with E-state index in [-0.39, 0.29) is 24.9 Å². The van der Waals surface area contributed by atoms with Crippen LogP contribution in [0.25, 0.3) is 0 Å². The highest BCUT2D eigenvalue weighted by atomic mass is 32.2. The molecule has 156 valence electrons. The van der Waals surface area contributed by atoms with Crippen molar-refractivity contribution in [2.45, 2.75) is 38.1 Å². The number of amides is 1. The number of fused-ring (bicyclic) bond motifs is 1. The molecule has 1 atom stereocenters. The number of ether oxygens (including phenoxy) is 1. The van der Waals surface area contributed by atoms with Crippen LogP contribution in [0, 0.1) is 0 Å². The number of carbonyl (C=O) groups excluding carboxylic acids is 1. The third-order valence-corrected chi connectivity index (χ3v) is 6.40. The number of hydrogen-bond acceptors (Lipinski definition) is 4. The maximum Gasteiger partial charge on any atom is 0.232 e. The number of nitrogens with zero attached hydrogens (tertiary/aromatic N) is 1. The molecule has 0 saturated heterocycles. The monoisotopic (exact) mass is 416 g/mol. The first-order valence-corrected chi connectivity index (χ1v) is 11.7. The zero-order valence-electron chi connectivity index (χ0n) is 16.9. The second-order valence-corrected chi connectivity index (χ2v) is 9.23. The molecule has 0 bridgehead atoms. The second kappa shape index (κ2) is 9.31. The van der Waals surface area contributed by atoms with Crippen molar-refractivity contribution in [1.82, 2.24) is 5.32 Å². The molecule has 29 heavy (non-hydrogen) atoms. The van der Waals surface area contributed by atoms with Gasteiger partial charge < -0.3 is 10.1 Å². The normalized spacial score (nSPS) is 16.0. The van der Waals surface area contributed by atoms with Crippen LogP contribution in [0.3, 0.4) is 0 Å². The van der Waals surface area contributed by atoms with Crippen LogP contribution in [0.4, 0.5) is 5.69 Å². The molecule has 7 heteroatoms. The summed E-state index contributed by atoms with van der Waals surface area (Å²) in [6.07, 6.45) is 4.88. The number of methoxy groups -OCH3 is 1. The molecule has 0 heterocycles. The lowest BCUT2D eigenvalue weighted by Gasteiger charge is -2.27. The summed E-state index contributed by atoms with van der Waals surface area (Å²) in [5.41, 5.74) is 2.97. The van der Waals surface area contributed by atoms with Crippen LogP contribution < -0.4 is 14.4 Å². The van der Waals surface area contributed by atoms with Gasteiger partial charge in [0.1, 0.15) is 5.75 Å². The van der Waals surface area contributed by atoms with Gasteiger partial charge in [0.05, 0.1) is 25.1 Å². The number of sulfonamides is 1. The van der Waals surface area contributed by atoms with E-state index in [0.29, 0.717) is 17.9 Å². The number of rotatable bonds is 8. The van der Waals surface area contributed by atoms with E-state index in [0.717, 1.165) is 19.3 Å². The average Bonchev–Trinajstić information content (AvgIpc) is 2.70. The minimum atomic E-state index is -3.49. The number of hydrogen-bond donors (Lipinski definition) is 1. The van der Waals surface area contributed by atoms with Gasteiger partial charge in [-0.05, 0) is 48.9 Å². The van der Waals surface area contributed by atoms with Crippen LogP contribution in [0.2, 0.25) is 0 Å². The van der Waals surface area contributed by atoms with E-state index in [2.05, 4.69) is 17.4 Å². The smallest absolute Gasteiger partial charge is 0.232 e. The largest absolute Gasteiger partial charge is 0.495 e. The predicted molar refractivity (Wildman–Crippen MR) is 115 cm³/mol. The van der Waals surface area contributed by atoms with E-state index in [1.54, 1.807) is 24.3 Å². The van der Waals surface area contributed by atoms with Crippen LogP contribution in [0.1, 0.15) is 42.9 Å². The SMILES string of the molecule is COc1ccccc1N(CCCC(=O)N[C@H]1CCCc2ccccc21)S(C)(=O)=O. The Hall–Kier alpha value is -2.54. The molecular weight excluding hydrogens is 388 g/mol. The van der Waals surface area contributed by atoms with Crippen molar-refractivity contribution in [3.05, 3.63) is 59.7 Å². The maximum atomic E-state index is 12.5. The molecule has 0 saturated carbocycles. The highest BCUT2D eigenvalue weighted by molar-refractivity contribution is 7.92. The summed E-state index contributed by atoms with van der Waals surface area (Å²) in [6.45, 7) is 0.216. The van der Waals surface area contributed by atoms with E-state index < -0.39 is 10.0 Å². The summed E-state index contributed by atoms with van der Waals surface area (Å²) in [7, 11) is -1.99. The zero-order chi connectivity index (χ0) is 20.9. The molecule has 0 aromatic heterocycles. The van der Waals surface area contributed by atoms with Gasteiger partial charge in [0.2, 0.25) is 15.9 Å². The van der Waals surface area contributed by atoms with Crippen molar-refractivity contribution in [1.29, 1.82) is 0 Å². The van der Waals surface area contributed by atoms with E-state index in [1.165, 1.54) is 28.8 Å². The number of benzene rings is 2. The second-order valence-electron chi connectivity index (χ2n) is 7.32. The summed E-state index contributed by atoms with van der Waals surface area (Å²) in [4.78, 5) is 12.5. The lowest BCUT2D eigenvalue weighted by atomic mass is 9.87. The average molecular weight is 417 g/mol. The van der Waals surface area contributed by atoms with Gasteiger partial charge in [-0.25, -0.2) is 8.42 Å². The molecule has 2 aromatic rings. The molecule has 0 aliphatic heterocycles. The molecule has 6 nitrogen and oxygen atoms in total. The molecule has 1 aliphatic carbocycles. The Morgan fingerprint density at radius 3 is 2.66 bits per heavy atom. The lowest BCUT2D eigenvalue weighted by Crippen LogP contribution is -2.34. The Balaban J connectivity index is 1.61. The topological polar surface area (TPSA) is 75.7 Å². The van der Waals surface area contributed by atoms with Crippen molar-refractivity contribution in [2.75, 3.05) is 24.2 Å². The van der Waals surface area contributed by atoms with E-state index in [9.17, 15) is 13.2 Å². The van der Waals surface area contributed by atoms with Gasteiger partial charge in [-0.15, -0.1) is 0 Å². The Kier molecular flexibility index (Phi) is 6.79. The van der Waals surface area contributed by atoms with Gasteiger partial charge >= 0.3 is 0 Å². The van der Waals surface area contributed by atoms with E-state index in [4.69, 9.17) is 4.74 Å². The molecule has 1 aliphatic rings. The van der Waals surface area contributed by atoms with Crippen molar-refractivity contribution >= 4 is 21.6 Å². The van der Waals surface area contributed by atoms with Crippen LogP contribution in [0.5, 0.6) is 5.75 Å². The minimum absolute atomic E-state index is 0.0349. The van der Waals surface area contributed by atoms with E-state index in [1.807, 2.05) is 12.1 Å². The first kappa shape index (κ1) is 21.2. The van der Waals surface area contributed by atoms with Crippen molar-refractivity contribution in [3.63, 3.8) is 0 Å². The molecule has 1 N–H and O–H groups in total. The van der Waals surface area contributed by atoms with Crippen LogP contribution in [-0.2, 0) is 21.2 Å². The molecule has 3 rings (SSSR count). The Labute approximate surface area is 172 Å². The zero-order valence-corrected chi connectivity index (χ0v) is 17.7. The molecule has 0 fully saturated rings. The number of carbonyl (C=O) groups is 1. The fraction of sp³-hybridized carbons (Fsp3) is 0.409. The van der Waals surface area contributed by atoms with Crippen LogP contribution in [0.15, 0.2) is 48.5 Å². The van der Waals surface area contributed by atoms with Gasteiger partial charge in [0, 0.05) is 13.0 Å². The Morgan fingerprint density at radius 2 is 1.90 bits per heavy atom. The minimum Gasteiger partial charge on any atom is -0.495 e. The van der Waals surface area contributed by atoms with Crippen molar-refractivity contribution in [3.8, 4) is 5.75 Å². The molecule has 0 spiro atoms. The van der Waals surface area contributed by atoms with Crippen molar-refractivity contribution in [2.24, 2.45) is 0 Å². The molecular formula is C22H28N2O4S. The molecule has 1 amide bonds. The first-order valence-electron chi connectivity index (χ1n) is 9.88. The summed E-state index contributed by atoms with van der Waals surface area (Å²) < 4.78 is 31.2. The summed E-state index contributed by atoms with van der Waals surface area (Å²) >= 11 is 0. The highest BCUT2D eigenvalue weighted by Gasteiger charge is 2.23. The predicted octanol–water partition coefficient (Wildman–Crippen LogP) is 3.44. The summed E-state index contributed by atoms with van der Waals surface area (Å²) in [5, 5.41) is 3.12. The standard InChI is InChI=1S/C22H28N2O4S/c1-28-21-14-6-5-13-20(21)24(29(2,26)27)16-8-15-22(25)23-19-12-7-10-17-9-3-4-11-18(17)19/h3-6,9,11,13-14,19H,7-8,10,12,15-16H2,1-2H3,(H,23,25)/t19-/m0/s1. The number of anilines is 1.